The molecule has 0 aliphatic carbocycles. The molecule has 4 nitrogen and oxygen atoms in total. The van der Waals surface area contributed by atoms with E-state index in [1.807, 2.05) is 17.0 Å². The monoisotopic (exact) mass is 249 g/mol. The lowest BCUT2D eigenvalue weighted by Crippen LogP contribution is -2.39. The van der Waals surface area contributed by atoms with Crippen LogP contribution >= 0.6 is 0 Å². The normalized spacial score (nSPS) is 16.0. The van der Waals surface area contributed by atoms with E-state index >= 15 is 0 Å². The highest BCUT2D eigenvalue weighted by atomic mass is 16.1. The Morgan fingerprint density at radius 2 is 1.72 bits per heavy atom. The van der Waals surface area contributed by atoms with E-state index in [1.165, 1.54) is 0 Å². The van der Waals surface area contributed by atoms with Crippen molar-refractivity contribution in [2.75, 3.05) is 0 Å². The van der Waals surface area contributed by atoms with Crippen molar-refractivity contribution in [1.29, 1.82) is 0 Å². The van der Waals surface area contributed by atoms with E-state index in [4.69, 9.17) is 0 Å². The minimum absolute atomic E-state index is 0.00438. The predicted molar refractivity (Wildman–Crippen MR) is 74.4 cm³/mol. The van der Waals surface area contributed by atoms with Gasteiger partial charge in [-0.25, -0.2) is 0 Å². The number of H-pyrrole nitrogens is 1. The zero-order valence-corrected chi connectivity index (χ0v) is 12.2. The van der Waals surface area contributed by atoms with Crippen LogP contribution in [0.25, 0.3) is 6.08 Å². The molecule has 0 atom stereocenters. The molecule has 0 amide bonds. The molecule has 2 heterocycles. The van der Waals surface area contributed by atoms with E-state index in [0.29, 0.717) is 0 Å². The summed E-state index contributed by atoms with van der Waals surface area (Å²) in [5, 5.41) is 2.95. The van der Waals surface area contributed by atoms with Gasteiger partial charge in [0.2, 0.25) is 0 Å². The zero-order valence-electron chi connectivity index (χ0n) is 12.2. The summed E-state index contributed by atoms with van der Waals surface area (Å²) in [6.07, 6.45) is 3.94. The molecule has 4 heteroatoms. The second-order valence-corrected chi connectivity index (χ2v) is 6.92. The fourth-order valence-electron chi connectivity index (χ4n) is 2.22. The van der Waals surface area contributed by atoms with Gasteiger partial charge in [0.25, 0.3) is 5.56 Å². The standard InChI is InChI=1S/C14H23N3O/c1-13(2,3)16-8-7-10-11(9-16)17(14(4,5)6)15-12(10)18/h7-8H,9H2,1-6H3,(H,15,18). The van der Waals surface area contributed by atoms with Crippen LogP contribution in [0.15, 0.2) is 11.0 Å². The number of nitrogens with one attached hydrogen (secondary N) is 1. The Hall–Kier alpha value is -1.45. The third kappa shape index (κ3) is 2.11. The van der Waals surface area contributed by atoms with Crippen LogP contribution in [-0.4, -0.2) is 20.2 Å². The summed E-state index contributed by atoms with van der Waals surface area (Å²) in [4.78, 5) is 14.2. The number of nitrogens with zero attached hydrogens (tertiary/aromatic N) is 2. The second-order valence-electron chi connectivity index (χ2n) is 6.92. The van der Waals surface area contributed by atoms with E-state index < -0.39 is 0 Å². The average Bonchev–Trinajstić information content (AvgIpc) is 2.54. The lowest BCUT2D eigenvalue weighted by Gasteiger charge is -2.37. The van der Waals surface area contributed by atoms with Crippen LogP contribution in [0.5, 0.6) is 0 Å². The molecule has 1 aliphatic heterocycles. The van der Waals surface area contributed by atoms with Crippen LogP contribution in [0.3, 0.4) is 0 Å². The van der Waals surface area contributed by atoms with Crippen LogP contribution in [-0.2, 0) is 12.1 Å². The summed E-state index contributed by atoms with van der Waals surface area (Å²) in [6, 6.07) is 0. The van der Waals surface area contributed by atoms with Crippen LogP contribution < -0.4 is 5.56 Å². The molecule has 0 saturated heterocycles. The number of aromatic amines is 1. The molecule has 1 N–H and O–H groups in total. The van der Waals surface area contributed by atoms with Gasteiger partial charge in [0.1, 0.15) is 0 Å². The molecule has 0 unspecified atom stereocenters. The number of hydrogen-bond donors (Lipinski definition) is 1. The van der Waals surface area contributed by atoms with Crippen LogP contribution in [0.4, 0.5) is 0 Å². The topological polar surface area (TPSA) is 41.0 Å². The van der Waals surface area contributed by atoms with E-state index in [1.54, 1.807) is 0 Å². The first-order valence-electron chi connectivity index (χ1n) is 6.40. The fraction of sp³-hybridized carbons (Fsp3) is 0.643. The highest BCUT2D eigenvalue weighted by Crippen LogP contribution is 2.26. The van der Waals surface area contributed by atoms with Gasteiger partial charge in [-0.1, -0.05) is 0 Å². The van der Waals surface area contributed by atoms with Crippen molar-refractivity contribution < 1.29 is 0 Å². The lowest BCUT2D eigenvalue weighted by molar-refractivity contribution is 0.185. The second kappa shape index (κ2) is 3.77. The lowest BCUT2D eigenvalue weighted by atomic mass is 10.0. The summed E-state index contributed by atoms with van der Waals surface area (Å²) >= 11 is 0. The Labute approximate surface area is 108 Å². The Morgan fingerprint density at radius 3 is 2.22 bits per heavy atom. The van der Waals surface area contributed by atoms with Gasteiger partial charge in [-0.15, -0.1) is 0 Å². The first-order valence-corrected chi connectivity index (χ1v) is 6.40. The first-order chi connectivity index (χ1) is 8.10. The van der Waals surface area contributed by atoms with Crippen molar-refractivity contribution in [2.24, 2.45) is 0 Å². The Balaban J connectivity index is 2.51. The summed E-state index contributed by atoms with van der Waals surface area (Å²) in [5.41, 5.74) is 1.83. The highest BCUT2D eigenvalue weighted by molar-refractivity contribution is 5.53. The van der Waals surface area contributed by atoms with Gasteiger partial charge in [-0.05, 0) is 47.6 Å². The molecule has 100 valence electrons. The van der Waals surface area contributed by atoms with Gasteiger partial charge in [-0.2, -0.15) is 0 Å². The Kier molecular flexibility index (Phi) is 2.72. The van der Waals surface area contributed by atoms with Crippen molar-refractivity contribution >= 4 is 6.08 Å². The van der Waals surface area contributed by atoms with Gasteiger partial charge >= 0.3 is 0 Å². The van der Waals surface area contributed by atoms with Crippen molar-refractivity contribution in [1.82, 2.24) is 14.7 Å². The third-order valence-electron chi connectivity index (χ3n) is 3.31. The molecule has 1 aromatic rings. The molecule has 1 aliphatic rings. The van der Waals surface area contributed by atoms with Gasteiger partial charge in [0.05, 0.1) is 23.3 Å². The fourth-order valence-corrected chi connectivity index (χ4v) is 2.22. The molecular formula is C14H23N3O. The Morgan fingerprint density at radius 1 is 1.11 bits per heavy atom. The van der Waals surface area contributed by atoms with E-state index in [0.717, 1.165) is 17.8 Å². The largest absolute Gasteiger partial charge is 0.367 e. The number of aromatic nitrogens is 2. The third-order valence-corrected chi connectivity index (χ3v) is 3.31. The molecule has 0 saturated carbocycles. The molecule has 18 heavy (non-hydrogen) atoms. The van der Waals surface area contributed by atoms with Gasteiger partial charge in [0.15, 0.2) is 0 Å². The summed E-state index contributed by atoms with van der Waals surface area (Å²) < 4.78 is 1.99. The first kappa shape index (κ1) is 13.0. The summed E-state index contributed by atoms with van der Waals surface area (Å²) in [6.45, 7) is 13.6. The molecule has 0 spiro atoms. The summed E-state index contributed by atoms with van der Waals surface area (Å²) in [7, 11) is 0. The van der Waals surface area contributed by atoms with Crippen LogP contribution in [0.1, 0.15) is 52.8 Å². The van der Waals surface area contributed by atoms with Gasteiger partial charge in [0, 0.05) is 11.7 Å². The zero-order chi connectivity index (χ0) is 13.7. The molecule has 2 rings (SSSR count). The maximum Gasteiger partial charge on any atom is 0.271 e. The molecule has 0 fully saturated rings. The molecular weight excluding hydrogens is 226 g/mol. The molecule has 0 radical (unpaired) electrons. The van der Waals surface area contributed by atoms with Crippen molar-refractivity contribution in [3.63, 3.8) is 0 Å². The minimum atomic E-state index is -0.110. The van der Waals surface area contributed by atoms with E-state index in [-0.39, 0.29) is 16.6 Å². The maximum atomic E-state index is 11.9. The average molecular weight is 249 g/mol. The Bertz CT molecular complexity index is 535. The van der Waals surface area contributed by atoms with Gasteiger partial charge < -0.3 is 4.90 Å². The molecule has 1 aromatic heterocycles. The quantitative estimate of drug-likeness (QED) is 0.767. The SMILES string of the molecule is CC(C)(C)N1C=Cc2c(n(C(C)(C)C)[nH]c2=O)C1. The smallest absolute Gasteiger partial charge is 0.271 e. The number of rotatable bonds is 0. The maximum absolute atomic E-state index is 11.9. The van der Waals surface area contributed by atoms with Gasteiger partial charge in [-0.3, -0.25) is 14.6 Å². The van der Waals surface area contributed by atoms with Crippen molar-refractivity contribution in [3.8, 4) is 0 Å². The molecule has 0 bridgehead atoms. The predicted octanol–water partition coefficient (Wildman–Crippen LogP) is 2.52. The van der Waals surface area contributed by atoms with E-state index in [2.05, 4.69) is 51.5 Å². The van der Waals surface area contributed by atoms with Crippen LogP contribution in [0.2, 0.25) is 0 Å². The minimum Gasteiger partial charge on any atom is -0.367 e. The highest BCUT2D eigenvalue weighted by Gasteiger charge is 2.28. The number of hydrogen-bond acceptors (Lipinski definition) is 2. The van der Waals surface area contributed by atoms with Crippen LogP contribution in [0, 0.1) is 0 Å². The van der Waals surface area contributed by atoms with Crippen molar-refractivity contribution in [3.05, 3.63) is 27.8 Å². The van der Waals surface area contributed by atoms with Crippen molar-refractivity contribution in [2.45, 2.75) is 59.2 Å². The number of fused-ring (bicyclic) bond motifs is 1. The van der Waals surface area contributed by atoms with E-state index in [9.17, 15) is 4.79 Å². The summed E-state index contributed by atoms with van der Waals surface area (Å²) in [5.74, 6) is 0. The molecule has 0 aromatic carbocycles.